The van der Waals surface area contributed by atoms with Crippen LogP contribution in [0, 0.1) is 5.82 Å². The number of nitrogens with zero attached hydrogens (tertiary/aromatic N) is 5. The van der Waals surface area contributed by atoms with Gasteiger partial charge in [0.05, 0.1) is 18.7 Å². The second kappa shape index (κ2) is 8.95. The molecule has 184 valence electrons. The molecule has 0 bridgehead atoms. The van der Waals surface area contributed by atoms with E-state index in [1.807, 2.05) is 37.3 Å². The fourth-order valence-corrected chi connectivity index (χ4v) is 4.45. The largest absolute Gasteiger partial charge is 0.494 e. The molecule has 0 aliphatic heterocycles. The summed E-state index contributed by atoms with van der Waals surface area (Å²) in [6.45, 7) is 2.07. The molecule has 0 fully saturated rings. The number of benzene rings is 2. The Morgan fingerprint density at radius 2 is 1.53 bits per heavy atom. The molecule has 10 heteroatoms. The highest BCUT2D eigenvalue weighted by Gasteiger charge is 2.24. The quantitative estimate of drug-likeness (QED) is 0.395. The molecule has 36 heavy (non-hydrogen) atoms. The monoisotopic (exact) mass is 489 g/mol. The minimum absolute atomic E-state index is 0.0150. The lowest BCUT2D eigenvalue weighted by molar-refractivity contribution is 0.411. The first-order valence-corrected chi connectivity index (χ1v) is 11.6. The number of hydrogen-bond donors (Lipinski definition) is 1. The average molecular weight is 490 g/mol. The molecule has 3 aromatic heterocycles. The van der Waals surface area contributed by atoms with Crippen LogP contribution in [-0.4, -0.2) is 28.2 Å². The topological polar surface area (TPSA) is 104 Å². The summed E-state index contributed by atoms with van der Waals surface area (Å²) in [4.78, 5) is 44.5. The summed E-state index contributed by atoms with van der Waals surface area (Å²) in [5, 5.41) is 11.1. The van der Waals surface area contributed by atoms with Crippen molar-refractivity contribution >= 4 is 16.9 Å². The van der Waals surface area contributed by atoms with Gasteiger partial charge in [-0.15, -0.1) is 0 Å². The van der Waals surface area contributed by atoms with Gasteiger partial charge in [0, 0.05) is 7.05 Å². The third-order valence-corrected chi connectivity index (χ3v) is 6.29. The molecule has 1 N–H and O–H groups in total. The molecule has 0 radical (unpaired) electrons. The maximum atomic E-state index is 13.5. The van der Waals surface area contributed by atoms with Crippen LogP contribution < -0.4 is 16.8 Å². The third kappa shape index (κ3) is 3.71. The minimum atomic E-state index is -0.662. The molecule has 0 atom stereocenters. The number of rotatable bonds is 6. The fourth-order valence-electron chi connectivity index (χ4n) is 4.45. The van der Waals surface area contributed by atoms with Gasteiger partial charge in [0.25, 0.3) is 11.1 Å². The van der Waals surface area contributed by atoms with Crippen molar-refractivity contribution in [1.82, 2.24) is 23.1 Å². The van der Waals surface area contributed by atoms with Crippen LogP contribution in [0.3, 0.4) is 0 Å². The number of imidazole rings is 1. The van der Waals surface area contributed by atoms with E-state index in [1.54, 1.807) is 12.1 Å². The van der Waals surface area contributed by atoms with Crippen LogP contribution in [0.4, 0.5) is 4.39 Å². The zero-order valence-electron chi connectivity index (χ0n) is 19.8. The highest BCUT2D eigenvalue weighted by atomic mass is 19.1. The molecule has 0 unspecified atom stereocenters. The normalized spacial score (nSPS) is 11.5. The van der Waals surface area contributed by atoms with Gasteiger partial charge in [0.15, 0.2) is 11.2 Å². The molecule has 0 aliphatic rings. The minimum Gasteiger partial charge on any atom is -0.494 e. The van der Waals surface area contributed by atoms with E-state index in [-0.39, 0.29) is 47.9 Å². The van der Waals surface area contributed by atoms with E-state index in [4.69, 9.17) is 0 Å². The van der Waals surface area contributed by atoms with E-state index < -0.39 is 22.6 Å². The lowest BCUT2D eigenvalue weighted by Crippen LogP contribution is -2.39. The van der Waals surface area contributed by atoms with Gasteiger partial charge in [0.1, 0.15) is 5.82 Å². The first-order chi connectivity index (χ1) is 17.3. The number of aromatic hydroxyl groups is 1. The van der Waals surface area contributed by atoms with Crippen LogP contribution in [0.15, 0.2) is 69.0 Å². The smallest absolute Gasteiger partial charge is 0.332 e. The Morgan fingerprint density at radius 1 is 0.889 bits per heavy atom. The molecule has 3 heterocycles. The van der Waals surface area contributed by atoms with E-state index in [9.17, 15) is 23.9 Å². The second-order valence-corrected chi connectivity index (χ2v) is 8.71. The lowest BCUT2D eigenvalue weighted by Gasteiger charge is -2.14. The predicted octanol–water partition coefficient (Wildman–Crippen LogP) is 2.40. The zero-order valence-corrected chi connectivity index (χ0v) is 19.8. The van der Waals surface area contributed by atoms with Gasteiger partial charge in [-0.1, -0.05) is 55.8 Å². The van der Waals surface area contributed by atoms with E-state index in [2.05, 4.69) is 4.98 Å². The van der Waals surface area contributed by atoms with E-state index in [0.29, 0.717) is 12.0 Å². The van der Waals surface area contributed by atoms with Gasteiger partial charge in [-0.05, 0) is 29.7 Å². The Hall–Kier alpha value is -4.47. The van der Waals surface area contributed by atoms with Gasteiger partial charge < -0.3 is 5.11 Å². The maximum absolute atomic E-state index is 13.5. The van der Waals surface area contributed by atoms with Crippen molar-refractivity contribution in [3.8, 4) is 5.88 Å². The summed E-state index contributed by atoms with van der Waals surface area (Å²) in [5.74, 6) is -0.663. The van der Waals surface area contributed by atoms with Crippen molar-refractivity contribution < 1.29 is 9.50 Å². The van der Waals surface area contributed by atoms with Crippen molar-refractivity contribution in [2.75, 3.05) is 0 Å². The lowest BCUT2D eigenvalue weighted by atomic mass is 10.1. The average Bonchev–Trinajstić information content (AvgIpc) is 3.28. The summed E-state index contributed by atoms with van der Waals surface area (Å²) < 4.78 is 18.4. The van der Waals surface area contributed by atoms with Crippen LogP contribution in [0.1, 0.15) is 30.0 Å². The molecule has 0 amide bonds. The molecule has 0 aliphatic carbocycles. The second-order valence-electron chi connectivity index (χ2n) is 8.71. The Labute approximate surface area is 203 Å². The van der Waals surface area contributed by atoms with Gasteiger partial charge in [-0.25, -0.2) is 13.6 Å². The Bertz CT molecular complexity index is 1780. The zero-order chi connectivity index (χ0) is 25.6. The van der Waals surface area contributed by atoms with Gasteiger partial charge >= 0.3 is 5.69 Å². The number of hydrogen-bond acceptors (Lipinski definition) is 5. The van der Waals surface area contributed by atoms with Crippen LogP contribution >= 0.6 is 0 Å². The molecule has 0 saturated heterocycles. The summed E-state index contributed by atoms with van der Waals surface area (Å²) in [6.07, 6.45) is 0.849. The Kier molecular flexibility index (Phi) is 5.79. The van der Waals surface area contributed by atoms with Gasteiger partial charge in [0.2, 0.25) is 11.7 Å². The van der Waals surface area contributed by atoms with Crippen molar-refractivity contribution in [1.29, 1.82) is 0 Å². The van der Waals surface area contributed by atoms with E-state index in [1.165, 1.54) is 32.7 Å². The maximum Gasteiger partial charge on any atom is 0.332 e. The first kappa shape index (κ1) is 23.3. The number of halogens is 1. The molecule has 2 aromatic carbocycles. The highest BCUT2D eigenvalue weighted by molar-refractivity contribution is 5.76. The standard InChI is InChI=1S/C26H24FN5O4/c1-3-7-19-22(33)31(15-17-10-12-18(27)13-11-17)25-28-21-20(32(25)23(19)34)24(35)29(2)26(36)30(21)14-16-8-5-4-6-9-16/h4-6,8-13,33H,3,7,14-15H2,1-2H3. The SMILES string of the molecule is CCCc1c(O)n(Cc2ccc(F)cc2)c2nc3c(c(=O)n(C)c(=O)n3Cc3ccccc3)n2c1=O. The third-order valence-electron chi connectivity index (χ3n) is 6.29. The summed E-state index contributed by atoms with van der Waals surface area (Å²) in [5.41, 5.74) is -0.198. The van der Waals surface area contributed by atoms with Gasteiger partial charge in [-0.2, -0.15) is 4.98 Å². The molecule has 0 saturated carbocycles. The molecule has 9 nitrogen and oxygen atoms in total. The summed E-state index contributed by atoms with van der Waals surface area (Å²) in [6, 6.07) is 15.0. The van der Waals surface area contributed by atoms with Crippen molar-refractivity contribution in [3.05, 3.63) is 108 Å². The number of fused-ring (bicyclic) bond motifs is 3. The Balaban J connectivity index is 1.89. The van der Waals surface area contributed by atoms with Crippen molar-refractivity contribution in [2.24, 2.45) is 7.05 Å². The van der Waals surface area contributed by atoms with Crippen LogP contribution in [0.2, 0.25) is 0 Å². The van der Waals surface area contributed by atoms with Crippen molar-refractivity contribution in [3.63, 3.8) is 0 Å². The molecule has 0 spiro atoms. The van der Waals surface area contributed by atoms with E-state index in [0.717, 1.165) is 10.1 Å². The molecule has 5 rings (SSSR count). The highest BCUT2D eigenvalue weighted by Crippen LogP contribution is 2.23. The van der Waals surface area contributed by atoms with Gasteiger partial charge in [-0.3, -0.25) is 23.3 Å². The molecule has 5 aromatic rings. The van der Waals surface area contributed by atoms with Crippen LogP contribution in [0.25, 0.3) is 16.9 Å². The number of aromatic nitrogens is 5. The summed E-state index contributed by atoms with van der Waals surface area (Å²) in [7, 11) is 1.36. The molecular weight excluding hydrogens is 465 g/mol. The molecular formula is C26H24FN5O4. The van der Waals surface area contributed by atoms with E-state index >= 15 is 0 Å². The first-order valence-electron chi connectivity index (χ1n) is 11.6. The Morgan fingerprint density at radius 3 is 2.19 bits per heavy atom. The van der Waals surface area contributed by atoms with Crippen LogP contribution in [0.5, 0.6) is 5.88 Å². The summed E-state index contributed by atoms with van der Waals surface area (Å²) >= 11 is 0. The van der Waals surface area contributed by atoms with Crippen molar-refractivity contribution in [2.45, 2.75) is 32.9 Å². The van der Waals surface area contributed by atoms with Crippen LogP contribution in [-0.2, 0) is 26.6 Å². The fraction of sp³-hybridized carbons (Fsp3) is 0.231. The predicted molar refractivity (Wildman–Crippen MR) is 133 cm³/mol.